The molecule has 2 rings (SSSR count). The summed E-state index contributed by atoms with van der Waals surface area (Å²) in [6, 6.07) is 6.64. The van der Waals surface area contributed by atoms with Crippen LogP contribution < -0.4 is 5.32 Å². The molecule has 14 heavy (non-hydrogen) atoms. The zero-order chi connectivity index (χ0) is 9.80. The molecule has 0 bridgehead atoms. The van der Waals surface area contributed by atoms with Gasteiger partial charge in [0.2, 0.25) is 0 Å². The average Bonchev–Trinajstić information content (AvgIpc) is 2.44. The first-order valence-electron chi connectivity index (χ1n) is 5.33. The Labute approximate surface area is 85.8 Å². The first-order chi connectivity index (χ1) is 6.92. The van der Waals surface area contributed by atoms with Crippen molar-refractivity contribution in [2.75, 3.05) is 7.05 Å². The van der Waals surface area contributed by atoms with E-state index < -0.39 is 0 Å². The topological polar surface area (TPSA) is 12.0 Å². The highest BCUT2D eigenvalue weighted by Crippen LogP contribution is 2.22. The zero-order valence-corrected chi connectivity index (χ0v) is 8.72. The van der Waals surface area contributed by atoms with Crippen LogP contribution in [0.15, 0.2) is 24.3 Å². The summed E-state index contributed by atoms with van der Waals surface area (Å²) in [5.74, 6) is 0. The first kappa shape index (κ1) is 9.47. The summed E-state index contributed by atoms with van der Waals surface area (Å²) in [6.45, 7) is 0.966. The third-order valence-electron chi connectivity index (χ3n) is 2.76. The average molecular weight is 187 g/mol. The molecular weight excluding hydrogens is 170 g/mol. The molecule has 1 nitrogen and oxygen atoms in total. The molecule has 1 aliphatic carbocycles. The lowest BCUT2D eigenvalue weighted by molar-refractivity contribution is 0.809. The smallest absolute Gasteiger partial charge is 0.0208 e. The molecule has 1 heteroatoms. The van der Waals surface area contributed by atoms with E-state index in [4.69, 9.17) is 0 Å². The van der Waals surface area contributed by atoms with Crippen LogP contribution in [0.2, 0.25) is 0 Å². The van der Waals surface area contributed by atoms with Gasteiger partial charge in [0.25, 0.3) is 0 Å². The fourth-order valence-corrected chi connectivity index (χ4v) is 2.05. The molecule has 1 aromatic carbocycles. The Bertz CT molecular complexity index is 339. The van der Waals surface area contributed by atoms with Gasteiger partial charge in [0.15, 0.2) is 0 Å². The maximum absolute atomic E-state index is 3.22. The molecule has 0 saturated heterocycles. The lowest BCUT2D eigenvalue weighted by Crippen LogP contribution is -2.07. The lowest BCUT2D eigenvalue weighted by atomic mass is 9.99. The quantitative estimate of drug-likeness (QED) is 0.750. The highest BCUT2D eigenvalue weighted by Gasteiger charge is 2.06. The van der Waals surface area contributed by atoms with Gasteiger partial charge in [-0.2, -0.15) is 0 Å². The maximum atomic E-state index is 3.22. The van der Waals surface area contributed by atoms with Crippen molar-refractivity contribution in [3.05, 3.63) is 41.0 Å². The minimum absolute atomic E-state index is 0.966. The van der Waals surface area contributed by atoms with E-state index in [0.717, 1.165) is 6.54 Å². The molecule has 0 unspecified atom stereocenters. The van der Waals surface area contributed by atoms with Crippen LogP contribution >= 0.6 is 0 Å². The van der Waals surface area contributed by atoms with Crippen molar-refractivity contribution in [2.45, 2.75) is 25.8 Å². The molecule has 0 spiro atoms. The maximum Gasteiger partial charge on any atom is 0.0208 e. The van der Waals surface area contributed by atoms with Crippen LogP contribution in [0, 0.1) is 0 Å². The standard InChI is InChI=1S/C13H17N/c1-14-10-12-8-5-7-11-6-3-2-4-9-13(11)12/h4-5,7-9,14H,2-3,6,10H2,1H3. The Morgan fingerprint density at radius 2 is 2.29 bits per heavy atom. The van der Waals surface area contributed by atoms with Crippen LogP contribution in [-0.4, -0.2) is 7.05 Å². The highest BCUT2D eigenvalue weighted by molar-refractivity contribution is 5.59. The number of hydrogen-bond acceptors (Lipinski definition) is 1. The Balaban J connectivity index is 2.41. The fourth-order valence-electron chi connectivity index (χ4n) is 2.05. The minimum atomic E-state index is 0.966. The third-order valence-corrected chi connectivity index (χ3v) is 2.76. The molecule has 0 aliphatic heterocycles. The van der Waals surface area contributed by atoms with Crippen molar-refractivity contribution in [3.63, 3.8) is 0 Å². The van der Waals surface area contributed by atoms with Crippen molar-refractivity contribution < 1.29 is 0 Å². The molecule has 1 aliphatic rings. The van der Waals surface area contributed by atoms with Crippen molar-refractivity contribution >= 4 is 6.08 Å². The molecule has 1 aromatic rings. The van der Waals surface area contributed by atoms with E-state index >= 15 is 0 Å². The largest absolute Gasteiger partial charge is 0.316 e. The van der Waals surface area contributed by atoms with Crippen molar-refractivity contribution in [1.29, 1.82) is 0 Å². The second-order valence-electron chi connectivity index (χ2n) is 3.81. The number of aryl methyl sites for hydroxylation is 1. The van der Waals surface area contributed by atoms with Crippen LogP contribution in [0.4, 0.5) is 0 Å². The van der Waals surface area contributed by atoms with Crippen LogP contribution in [0.5, 0.6) is 0 Å². The first-order valence-corrected chi connectivity index (χ1v) is 5.33. The zero-order valence-electron chi connectivity index (χ0n) is 8.72. The predicted octanol–water partition coefficient (Wildman–Crippen LogP) is 2.76. The summed E-state index contributed by atoms with van der Waals surface area (Å²) in [6.07, 6.45) is 8.31. The lowest BCUT2D eigenvalue weighted by Gasteiger charge is -2.09. The van der Waals surface area contributed by atoms with Crippen LogP contribution in [0.25, 0.3) is 6.08 Å². The number of nitrogens with one attached hydrogen (secondary N) is 1. The summed E-state index contributed by atoms with van der Waals surface area (Å²) in [5.41, 5.74) is 4.37. The molecule has 0 fully saturated rings. The molecule has 0 radical (unpaired) electrons. The Hall–Kier alpha value is -1.08. The summed E-state index contributed by atoms with van der Waals surface area (Å²) in [4.78, 5) is 0. The predicted molar refractivity (Wildman–Crippen MR) is 61.2 cm³/mol. The van der Waals surface area contributed by atoms with E-state index in [1.807, 2.05) is 7.05 Å². The summed E-state index contributed by atoms with van der Waals surface area (Å²) >= 11 is 0. The van der Waals surface area contributed by atoms with Crippen LogP contribution in [0.1, 0.15) is 29.5 Å². The van der Waals surface area contributed by atoms with Crippen molar-refractivity contribution in [1.82, 2.24) is 5.32 Å². The van der Waals surface area contributed by atoms with Crippen molar-refractivity contribution in [3.8, 4) is 0 Å². The van der Waals surface area contributed by atoms with E-state index in [2.05, 4.69) is 35.7 Å². The number of rotatable bonds is 2. The number of allylic oxidation sites excluding steroid dienone is 1. The van der Waals surface area contributed by atoms with Gasteiger partial charge in [-0.05, 0) is 43.0 Å². The second-order valence-corrected chi connectivity index (χ2v) is 3.81. The van der Waals surface area contributed by atoms with Crippen LogP contribution in [0.3, 0.4) is 0 Å². The molecule has 0 aromatic heterocycles. The number of hydrogen-bond donors (Lipinski definition) is 1. The molecule has 0 atom stereocenters. The van der Waals surface area contributed by atoms with Gasteiger partial charge in [-0.25, -0.2) is 0 Å². The van der Waals surface area contributed by atoms with Gasteiger partial charge in [0, 0.05) is 6.54 Å². The molecule has 0 heterocycles. The number of benzene rings is 1. The van der Waals surface area contributed by atoms with Crippen LogP contribution in [-0.2, 0) is 13.0 Å². The molecular formula is C13H17N. The molecule has 0 saturated carbocycles. The van der Waals surface area contributed by atoms with E-state index in [1.165, 1.54) is 36.0 Å². The SMILES string of the molecule is CNCc1cccc2c1C=CCCC2. The van der Waals surface area contributed by atoms with Gasteiger partial charge in [0.1, 0.15) is 0 Å². The second kappa shape index (κ2) is 4.43. The molecule has 74 valence electrons. The molecule has 0 amide bonds. The Morgan fingerprint density at radius 1 is 1.36 bits per heavy atom. The highest BCUT2D eigenvalue weighted by atomic mass is 14.8. The molecule has 1 N–H and O–H groups in total. The number of fused-ring (bicyclic) bond motifs is 1. The van der Waals surface area contributed by atoms with Gasteiger partial charge in [-0.1, -0.05) is 30.4 Å². The summed E-state index contributed by atoms with van der Waals surface area (Å²) in [7, 11) is 2.00. The minimum Gasteiger partial charge on any atom is -0.316 e. The third kappa shape index (κ3) is 1.88. The fraction of sp³-hybridized carbons (Fsp3) is 0.385. The summed E-state index contributed by atoms with van der Waals surface area (Å²) in [5, 5.41) is 3.22. The van der Waals surface area contributed by atoms with E-state index in [-0.39, 0.29) is 0 Å². The van der Waals surface area contributed by atoms with Gasteiger partial charge >= 0.3 is 0 Å². The van der Waals surface area contributed by atoms with Gasteiger partial charge in [-0.3, -0.25) is 0 Å². The van der Waals surface area contributed by atoms with E-state index in [1.54, 1.807) is 0 Å². The van der Waals surface area contributed by atoms with E-state index in [9.17, 15) is 0 Å². The normalized spacial score (nSPS) is 14.9. The Morgan fingerprint density at radius 3 is 3.14 bits per heavy atom. The Kier molecular flexibility index (Phi) is 3.00. The summed E-state index contributed by atoms with van der Waals surface area (Å²) < 4.78 is 0. The van der Waals surface area contributed by atoms with Gasteiger partial charge in [0.05, 0.1) is 0 Å². The monoisotopic (exact) mass is 187 g/mol. The van der Waals surface area contributed by atoms with Gasteiger partial charge in [-0.15, -0.1) is 0 Å². The van der Waals surface area contributed by atoms with Crippen molar-refractivity contribution in [2.24, 2.45) is 0 Å². The van der Waals surface area contributed by atoms with Gasteiger partial charge < -0.3 is 5.32 Å². The van der Waals surface area contributed by atoms with E-state index in [0.29, 0.717) is 0 Å².